The number of benzene rings is 1. The second kappa shape index (κ2) is 2.79. The smallest absolute Gasteiger partial charge is 0.123 e. The third kappa shape index (κ3) is 1.08. The van der Waals surface area contributed by atoms with Crippen molar-refractivity contribution in [3.63, 3.8) is 0 Å². The quantitative estimate of drug-likeness (QED) is 0.651. The lowest BCUT2D eigenvalue weighted by Gasteiger charge is -2.03. The van der Waals surface area contributed by atoms with E-state index in [-0.39, 0.29) is 0 Å². The fourth-order valence-corrected chi connectivity index (χ4v) is 2.12. The number of hydrogen-bond acceptors (Lipinski definition) is 2. The number of ether oxygens (including phenoxy) is 1. The van der Waals surface area contributed by atoms with Gasteiger partial charge in [-0.05, 0) is 41.5 Å². The maximum Gasteiger partial charge on any atom is 0.123 e. The van der Waals surface area contributed by atoms with Crippen LogP contribution in [-0.4, -0.2) is 7.11 Å². The van der Waals surface area contributed by atoms with Gasteiger partial charge in [0.15, 0.2) is 0 Å². The predicted octanol–water partition coefficient (Wildman–Crippen LogP) is 3.22. The van der Waals surface area contributed by atoms with E-state index in [1.807, 2.05) is 0 Å². The molecule has 0 fully saturated rings. The van der Waals surface area contributed by atoms with E-state index in [0.29, 0.717) is 0 Å². The number of methoxy groups -OCH3 is 1. The SMILES string of the molecule is COc1cc2sccc2cc1C. The predicted molar refractivity (Wildman–Crippen MR) is 53.1 cm³/mol. The van der Waals surface area contributed by atoms with E-state index in [9.17, 15) is 0 Å². The summed E-state index contributed by atoms with van der Waals surface area (Å²) in [5.74, 6) is 0.977. The third-order valence-electron chi connectivity index (χ3n) is 1.97. The van der Waals surface area contributed by atoms with Crippen LogP contribution in [-0.2, 0) is 0 Å². The van der Waals surface area contributed by atoms with E-state index in [4.69, 9.17) is 4.74 Å². The van der Waals surface area contributed by atoms with Crippen LogP contribution in [0.5, 0.6) is 5.75 Å². The minimum Gasteiger partial charge on any atom is -0.496 e. The zero-order valence-corrected chi connectivity index (χ0v) is 7.94. The molecule has 2 heteroatoms. The Balaban J connectivity index is 2.73. The Morgan fingerprint density at radius 1 is 1.33 bits per heavy atom. The molecule has 0 unspecified atom stereocenters. The first kappa shape index (κ1) is 7.62. The zero-order chi connectivity index (χ0) is 8.55. The molecule has 0 N–H and O–H groups in total. The molecule has 0 aliphatic rings. The monoisotopic (exact) mass is 178 g/mol. The van der Waals surface area contributed by atoms with E-state index in [1.54, 1.807) is 18.4 Å². The van der Waals surface area contributed by atoms with Crippen LogP contribution < -0.4 is 4.74 Å². The first-order chi connectivity index (χ1) is 5.81. The van der Waals surface area contributed by atoms with Gasteiger partial charge in [0, 0.05) is 4.70 Å². The van der Waals surface area contributed by atoms with Crippen LogP contribution in [0.1, 0.15) is 5.56 Å². The van der Waals surface area contributed by atoms with Crippen molar-refractivity contribution in [2.45, 2.75) is 6.92 Å². The highest BCUT2D eigenvalue weighted by atomic mass is 32.1. The lowest BCUT2D eigenvalue weighted by molar-refractivity contribution is 0.412. The highest BCUT2D eigenvalue weighted by molar-refractivity contribution is 7.17. The van der Waals surface area contributed by atoms with Crippen LogP contribution in [0.15, 0.2) is 23.6 Å². The first-order valence-electron chi connectivity index (χ1n) is 3.83. The molecular formula is C10H10OS. The van der Waals surface area contributed by atoms with Gasteiger partial charge in [-0.1, -0.05) is 0 Å². The van der Waals surface area contributed by atoms with Crippen LogP contribution in [0.25, 0.3) is 10.1 Å². The van der Waals surface area contributed by atoms with Crippen molar-refractivity contribution in [1.82, 2.24) is 0 Å². The summed E-state index contributed by atoms with van der Waals surface area (Å²) in [6, 6.07) is 6.38. The molecule has 0 aliphatic heterocycles. The molecular weight excluding hydrogens is 168 g/mol. The topological polar surface area (TPSA) is 9.23 Å². The van der Waals surface area contributed by atoms with Crippen molar-refractivity contribution < 1.29 is 4.74 Å². The van der Waals surface area contributed by atoms with Crippen molar-refractivity contribution in [2.75, 3.05) is 7.11 Å². The van der Waals surface area contributed by atoms with Crippen LogP contribution in [0.3, 0.4) is 0 Å². The fraction of sp³-hybridized carbons (Fsp3) is 0.200. The molecule has 0 saturated carbocycles. The Morgan fingerprint density at radius 3 is 2.92 bits per heavy atom. The minimum atomic E-state index is 0.977. The van der Waals surface area contributed by atoms with E-state index in [2.05, 4.69) is 30.5 Å². The summed E-state index contributed by atoms with van der Waals surface area (Å²) in [5, 5.41) is 3.40. The van der Waals surface area contributed by atoms with Crippen LogP contribution >= 0.6 is 11.3 Å². The van der Waals surface area contributed by atoms with Crippen molar-refractivity contribution >= 4 is 21.4 Å². The number of fused-ring (bicyclic) bond motifs is 1. The summed E-state index contributed by atoms with van der Waals surface area (Å²) in [6.07, 6.45) is 0. The summed E-state index contributed by atoms with van der Waals surface area (Å²) >= 11 is 1.75. The maximum atomic E-state index is 5.23. The molecule has 1 nitrogen and oxygen atoms in total. The molecule has 2 aromatic rings. The van der Waals surface area contributed by atoms with Gasteiger partial charge in [-0.3, -0.25) is 0 Å². The molecule has 0 atom stereocenters. The lowest BCUT2D eigenvalue weighted by atomic mass is 10.2. The summed E-state index contributed by atoms with van der Waals surface area (Å²) < 4.78 is 6.52. The van der Waals surface area contributed by atoms with E-state index in [1.165, 1.54) is 15.6 Å². The molecule has 0 spiro atoms. The summed E-state index contributed by atoms with van der Waals surface area (Å²) in [6.45, 7) is 2.07. The highest BCUT2D eigenvalue weighted by Gasteiger charge is 2.01. The Labute approximate surface area is 75.6 Å². The van der Waals surface area contributed by atoms with Gasteiger partial charge in [-0.25, -0.2) is 0 Å². The molecule has 0 bridgehead atoms. The van der Waals surface area contributed by atoms with Crippen molar-refractivity contribution in [3.8, 4) is 5.75 Å². The number of aryl methyl sites for hydroxylation is 1. The Bertz CT molecular complexity index is 403. The average Bonchev–Trinajstić information content (AvgIpc) is 2.49. The van der Waals surface area contributed by atoms with E-state index >= 15 is 0 Å². The number of rotatable bonds is 1. The summed E-state index contributed by atoms with van der Waals surface area (Å²) in [7, 11) is 1.71. The minimum absolute atomic E-state index is 0.977. The molecule has 0 aliphatic carbocycles. The van der Waals surface area contributed by atoms with Gasteiger partial charge in [0.2, 0.25) is 0 Å². The molecule has 0 saturated heterocycles. The average molecular weight is 178 g/mol. The molecule has 12 heavy (non-hydrogen) atoms. The van der Waals surface area contributed by atoms with Gasteiger partial charge in [-0.15, -0.1) is 11.3 Å². The zero-order valence-electron chi connectivity index (χ0n) is 7.13. The normalized spacial score (nSPS) is 10.5. The van der Waals surface area contributed by atoms with Gasteiger partial charge < -0.3 is 4.74 Å². The molecule has 0 amide bonds. The maximum absolute atomic E-state index is 5.23. The van der Waals surface area contributed by atoms with Crippen LogP contribution in [0.2, 0.25) is 0 Å². The molecule has 1 heterocycles. The second-order valence-electron chi connectivity index (χ2n) is 2.78. The molecule has 1 aromatic heterocycles. The van der Waals surface area contributed by atoms with Gasteiger partial charge >= 0.3 is 0 Å². The molecule has 2 rings (SSSR count). The van der Waals surface area contributed by atoms with Crippen LogP contribution in [0, 0.1) is 6.92 Å². The molecule has 1 aromatic carbocycles. The highest BCUT2D eigenvalue weighted by Crippen LogP contribution is 2.28. The van der Waals surface area contributed by atoms with Gasteiger partial charge in [0.05, 0.1) is 7.11 Å². The number of hydrogen-bond donors (Lipinski definition) is 0. The third-order valence-corrected chi connectivity index (χ3v) is 2.85. The Morgan fingerprint density at radius 2 is 2.17 bits per heavy atom. The van der Waals surface area contributed by atoms with Crippen molar-refractivity contribution in [2.24, 2.45) is 0 Å². The van der Waals surface area contributed by atoms with E-state index in [0.717, 1.165) is 5.75 Å². The van der Waals surface area contributed by atoms with E-state index < -0.39 is 0 Å². The summed E-state index contributed by atoms with van der Waals surface area (Å²) in [4.78, 5) is 0. The standard InChI is InChI=1S/C10H10OS/c1-7-5-8-3-4-12-10(8)6-9(7)11-2/h3-6H,1-2H3. The Kier molecular flexibility index (Phi) is 1.77. The van der Waals surface area contributed by atoms with Gasteiger partial charge in [-0.2, -0.15) is 0 Å². The molecule has 0 radical (unpaired) electrons. The summed E-state index contributed by atoms with van der Waals surface area (Å²) in [5.41, 5.74) is 1.20. The first-order valence-corrected chi connectivity index (χ1v) is 4.71. The lowest BCUT2D eigenvalue weighted by Crippen LogP contribution is -1.85. The molecule has 62 valence electrons. The fourth-order valence-electron chi connectivity index (χ4n) is 1.32. The van der Waals surface area contributed by atoms with Crippen LogP contribution in [0.4, 0.5) is 0 Å². The number of thiophene rings is 1. The second-order valence-corrected chi connectivity index (χ2v) is 3.73. The van der Waals surface area contributed by atoms with Crippen molar-refractivity contribution in [1.29, 1.82) is 0 Å². The van der Waals surface area contributed by atoms with Crippen molar-refractivity contribution in [3.05, 3.63) is 29.1 Å². The van der Waals surface area contributed by atoms with Gasteiger partial charge in [0.25, 0.3) is 0 Å². The Hall–Kier alpha value is -1.02. The van der Waals surface area contributed by atoms with Gasteiger partial charge in [0.1, 0.15) is 5.75 Å². The largest absolute Gasteiger partial charge is 0.496 e.